The van der Waals surface area contributed by atoms with Gasteiger partial charge in [0, 0.05) is 13.0 Å². The summed E-state index contributed by atoms with van der Waals surface area (Å²) in [4.78, 5) is 0. The van der Waals surface area contributed by atoms with E-state index >= 15 is 0 Å². The molecular formula is C4H8F2O4S. The molecular weight excluding hydrogens is 182 g/mol. The Bertz CT molecular complexity index is 210. The van der Waals surface area contributed by atoms with E-state index < -0.39 is 28.4 Å². The van der Waals surface area contributed by atoms with Gasteiger partial charge in [-0.1, -0.05) is 0 Å². The van der Waals surface area contributed by atoms with Crippen LogP contribution >= 0.6 is 0 Å². The molecule has 0 atom stereocenters. The van der Waals surface area contributed by atoms with E-state index in [0.29, 0.717) is 0 Å². The van der Waals surface area contributed by atoms with Crippen molar-refractivity contribution in [3.8, 4) is 0 Å². The number of halogens is 2. The van der Waals surface area contributed by atoms with Crippen molar-refractivity contribution in [2.45, 2.75) is 18.1 Å². The minimum Gasteiger partial charge on any atom is -0.396 e. The topological polar surface area (TPSA) is 74.6 Å². The summed E-state index contributed by atoms with van der Waals surface area (Å²) in [5, 5.41) is 3.94. The van der Waals surface area contributed by atoms with Gasteiger partial charge < -0.3 is 5.11 Å². The predicted octanol–water partition coefficient (Wildman–Crippen LogP) is 0.240. The molecule has 0 rings (SSSR count). The highest BCUT2D eigenvalue weighted by Gasteiger charge is 2.42. The van der Waals surface area contributed by atoms with Gasteiger partial charge in [0.2, 0.25) is 0 Å². The van der Waals surface area contributed by atoms with Crippen molar-refractivity contribution in [1.82, 2.24) is 0 Å². The maximum absolute atomic E-state index is 12.2. The Morgan fingerprint density at radius 1 is 1.36 bits per heavy atom. The average Bonchev–Trinajstić information content (AvgIpc) is 1.81. The minimum atomic E-state index is -5.32. The van der Waals surface area contributed by atoms with Crippen molar-refractivity contribution in [2.75, 3.05) is 6.61 Å². The molecule has 68 valence electrons. The molecule has 0 aliphatic carbocycles. The van der Waals surface area contributed by atoms with Crippen molar-refractivity contribution in [3.05, 3.63) is 0 Å². The standard InChI is InChI=1S/C4H8F2O4S/c5-4(6,2-1-3-7)11(8,9)10/h7H,1-3H2,(H,8,9,10). The van der Waals surface area contributed by atoms with Gasteiger partial charge in [0.25, 0.3) is 0 Å². The van der Waals surface area contributed by atoms with E-state index in [1.807, 2.05) is 0 Å². The van der Waals surface area contributed by atoms with Crippen LogP contribution in [0.4, 0.5) is 8.78 Å². The van der Waals surface area contributed by atoms with Gasteiger partial charge in [-0.3, -0.25) is 4.55 Å². The Kier molecular flexibility index (Phi) is 3.33. The third-order valence-electron chi connectivity index (χ3n) is 1.00. The molecule has 0 bridgehead atoms. The normalized spacial score (nSPS) is 13.5. The number of rotatable bonds is 4. The first-order valence-corrected chi connectivity index (χ1v) is 4.21. The molecule has 0 aromatic heterocycles. The second kappa shape index (κ2) is 3.42. The highest BCUT2D eigenvalue weighted by molar-refractivity contribution is 7.86. The maximum Gasteiger partial charge on any atom is 0.370 e. The van der Waals surface area contributed by atoms with E-state index in [1.165, 1.54) is 0 Å². The van der Waals surface area contributed by atoms with Crippen LogP contribution < -0.4 is 0 Å². The summed E-state index contributed by atoms with van der Waals surface area (Å²) in [6.07, 6.45) is -1.44. The first kappa shape index (κ1) is 10.7. The molecule has 0 unspecified atom stereocenters. The van der Waals surface area contributed by atoms with Crippen LogP contribution in [0.1, 0.15) is 12.8 Å². The van der Waals surface area contributed by atoms with E-state index in [0.717, 1.165) is 0 Å². The Balaban J connectivity index is 4.24. The minimum absolute atomic E-state index is 0.368. The molecule has 11 heavy (non-hydrogen) atoms. The van der Waals surface area contributed by atoms with Gasteiger partial charge in [-0.25, -0.2) is 0 Å². The van der Waals surface area contributed by atoms with Crippen molar-refractivity contribution < 1.29 is 26.9 Å². The molecule has 0 amide bonds. The van der Waals surface area contributed by atoms with Crippen LogP contribution in [-0.4, -0.2) is 29.9 Å². The van der Waals surface area contributed by atoms with E-state index in [4.69, 9.17) is 9.66 Å². The molecule has 4 nitrogen and oxygen atoms in total. The summed E-state index contributed by atoms with van der Waals surface area (Å²) < 4.78 is 52.0. The van der Waals surface area contributed by atoms with Crippen LogP contribution in [0.25, 0.3) is 0 Å². The molecule has 0 aliphatic rings. The van der Waals surface area contributed by atoms with E-state index in [1.54, 1.807) is 0 Å². The summed E-state index contributed by atoms with van der Waals surface area (Å²) >= 11 is 0. The highest BCUT2D eigenvalue weighted by Crippen LogP contribution is 2.25. The summed E-state index contributed by atoms with van der Waals surface area (Å²) in [6, 6.07) is 0. The number of alkyl halides is 2. The summed E-state index contributed by atoms with van der Waals surface area (Å²) in [6.45, 7) is -0.537. The number of hydrogen-bond donors (Lipinski definition) is 2. The van der Waals surface area contributed by atoms with Crippen LogP contribution in [0.15, 0.2) is 0 Å². The zero-order valence-corrected chi connectivity index (χ0v) is 6.31. The van der Waals surface area contributed by atoms with Crippen molar-refractivity contribution >= 4 is 10.1 Å². The molecule has 0 aromatic carbocycles. The van der Waals surface area contributed by atoms with Gasteiger partial charge in [0.1, 0.15) is 0 Å². The van der Waals surface area contributed by atoms with Crippen molar-refractivity contribution in [2.24, 2.45) is 0 Å². The molecule has 0 aliphatic heterocycles. The molecule has 2 N–H and O–H groups in total. The Labute approximate surface area is 62.6 Å². The Morgan fingerprint density at radius 3 is 2.09 bits per heavy atom. The lowest BCUT2D eigenvalue weighted by atomic mass is 10.3. The van der Waals surface area contributed by atoms with Crippen LogP contribution in [0.3, 0.4) is 0 Å². The molecule has 0 fully saturated rings. The Morgan fingerprint density at radius 2 is 1.82 bits per heavy atom. The second-order valence-corrected chi connectivity index (χ2v) is 3.49. The fourth-order valence-electron chi connectivity index (χ4n) is 0.414. The monoisotopic (exact) mass is 190 g/mol. The number of hydrogen-bond acceptors (Lipinski definition) is 3. The lowest BCUT2D eigenvalue weighted by molar-refractivity contribution is 0.0631. The third kappa shape index (κ3) is 3.08. The van der Waals surface area contributed by atoms with Crippen molar-refractivity contribution in [1.29, 1.82) is 0 Å². The maximum atomic E-state index is 12.2. The molecule has 7 heteroatoms. The van der Waals surface area contributed by atoms with Crippen LogP contribution in [-0.2, 0) is 10.1 Å². The molecule has 0 spiro atoms. The zero-order chi connectivity index (χ0) is 9.12. The lowest BCUT2D eigenvalue weighted by Crippen LogP contribution is -2.28. The third-order valence-corrected chi connectivity index (χ3v) is 1.96. The Hall–Kier alpha value is -0.270. The van der Waals surface area contributed by atoms with Gasteiger partial charge in [0.15, 0.2) is 0 Å². The van der Waals surface area contributed by atoms with Gasteiger partial charge in [0.05, 0.1) is 0 Å². The first-order valence-electron chi connectivity index (χ1n) is 2.77. The van der Waals surface area contributed by atoms with Gasteiger partial charge in [-0.05, 0) is 6.42 Å². The second-order valence-electron chi connectivity index (χ2n) is 1.94. The van der Waals surface area contributed by atoms with E-state index in [9.17, 15) is 17.2 Å². The van der Waals surface area contributed by atoms with Crippen molar-refractivity contribution in [3.63, 3.8) is 0 Å². The lowest BCUT2D eigenvalue weighted by Gasteiger charge is -2.10. The highest BCUT2D eigenvalue weighted by atomic mass is 32.2. The SMILES string of the molecule is O=S(=O)(O)C(F)(F)CCCO. The zero-order valence-electron chi connectivity index (χ0n) is 5.50. The molecule has 0 aromatic rings. The fourth-order valence-corrected chi connectivity index (χ4v) is 0.816. The largest absolute Gasteiger partial charge is 0.396 e. The molecule has 0 heterocycles. The summed E-state index contributed by atoms with van der Waals surface area (Å²) in [7, 11) is -5.32. The first-order chi connectivity index (χ1) is 4.81. The van der Waals surface area contributed by atoms with Crippen LogP contribution in [0, 0.1) is 0 Å². The summed E-state index contributed by atoms with van der Waals surface area (Å²) in [5.41, 5.74) is 0. The van der Waals surface area contributed by atoms with Gasteiger partial charge in [-0.2, -0.15) is 17.2 Å². The van der Waals surface area contributed by atoms with Crippen LogP contribution in [0.2, 0.25) is 0 Å². The average molecular weight is 190 g/mol. The quantitative estimate of drug-likeness (QED) is 0.622. The van der Waals surface area contributed by atoms with E-state index in [2.05, 4.69) is 0 Å². The van der Waals surface area contributed by atoms with Gasteiger partial charge in [-0.15, -0.1) is 0 Å². The van der Waals surface area contributed by atoms with E-state index in [-0.39, 0.29) is 6.42 Å². The smallest absolute Gasteiger partial charge is 0.370 e. The van der Waals surface area contributed by atoms with Gasteiger partial charge >= 0.3 is 15.4 Å². The molecule has 0 saturated carbocycles. The fraction of sp³-hybridized carbons (Fsp3) is 1.00. The number of aliphatic hydroxyl groups is 1. The summed E-state index contributed by atoms with van der Waals surface area (Å²) in [5.74, 6) is 0. The van der Waals surface area contributed by atoms with Crippen LogP contribution in [0.5, 0.6) is 0 Å². The predicted molar refractivity (Wildman–Crippen MR) is 32.8 cm³/mol. The number of aliphatic hydroxyl groups excluding tert-OH is 1. The molecule has 0 radical (unpaired) electrons. The molecule has 0 saturated heterocycles.